The van der Waals surface area contributed by atoms with Gasteiger partial charge in [0.25, 0.3) is 0 Å². The quantitative estimate of drug-likeness (QED) is 0.350. The minimum Gasteiger partial charge on any atom is -0.444 e. The van der Waals surface area contributed by atoms with E-state index in [1.807, 2.05) is 12.1 Å². The van der Waals surface area contributed by atoms with E-state index in [9.17, 15) is 0 Å². The van der Waals surface area contributed by atoms with Gasteiger partial charge < -0.3 is 24.7 Å². The van der Waals surface area contributed by atoms with Crippen molar-refractivity contribution in [1.82, 2.24) is 20.5 Å². The Labute approximate surface area is 168 Å². The highest BCUT2D eigenvalue weighted by atomic mass is 16.5. The summed E-state index contributed by atoms with van der Waals surface area (Å²) in [5, 5.41) is 6.65. The normalized spacial score (nSPS) is 11.8. The molecule has 0 aliphatic carbocycles. The van der Waals surface area contributed by atoms with Crippen molar-refractivity contribution in [2.75, 3.05) is 54.0 Å². The Balaban J connectivity index is 1.68. The van der Waals surface area contributed by atoms with Gasteiger partial charge in [-0.05, 0) is 32.5 Å². The van der Waals surface area contributed by atoms with E-state index in [4.69, 9.17) is 9.15 Å². The van der Waals surface area contributed by atoms with Crippen molar-refractivity contribution in [3.8, 4) is 11.5 Å². The molecule has 0 radical (unpaired) electrons. The molecule has 0 aliphatic heterocycles. The smallest absolute Gasteiger partial charge is 0.226 e. The Kier molecular flexibility index (Phi) is 9.51. The lowest BCUT2D eigenvalue weighted by Crippen LogP contribution is -2.41. The number of methoxy groups -OCH3 is 1. The number of nitrogens with zero attached hydrogens (tertiary/aromatic N) is 3. The van der Waals surface area contributed by atoms with Gasteiger partial charge in [0.1, 0.15) is 6.26 Å². The summed E-state index contributed by atoms with van der Waals surface area (Å²) >= 11 is 0. The summed E-state index contributed by atoms with van der Waals surface area (Å²) in [6, 6.07) is 8.18. The summed E-state index contributed by atoms with van der Waals surface area (Å²) in [6.07, 6.45) is 3.54. The molecule has 2 N–H and O–H groups in total. The first kappa shape index (κ1) is 21.9. The van der Waals surface area contributed by atoms with Gasteiger partial charge >= 0.3 is 0 Å². The van der Waals surface area contributed by atoms with Gasteiger partial charge in [-0.2, -0.15) is 0 Å². The van der Waals surface area contributed by atoms with Crippen molar-refractivity contribution in [1.29, 1.82) is 0 Å². The second-order valence-corrected chi connectivity index (χ2v) is 6.84. The molecular formula is C21H33N5O2. The first-order chi connectivity index (χ1) is 13.6. The molecular weight excluding hydrogens is 354 g/mol. The van der Waals surface area contributed by atoms with Gasteiger partial charge in [-0.1, -0.05) is 17.7 Å². The summed E-state index contributed by atoms with van der Waals surface area (Å²) in [7, 11) is 5.63. The molecule has 1 heterocycles. The van der Waals surface area contributed by atoms with Crippen LogP contribution in [0.15, 0.2) is 39.9 Å². The van der Waals surface area contributed by atoms with Crippen molar-refractivity contribution in [3.05, 3.63) is 41.8 Å². The number of rotatable bonds is 11. The molecule has 2 aromatic rings. The van der Waals surface area contributed by atoms with Gasteiger partial charge in [-0.25, -0.2) is 4.98 Å². The number of aromatic nitrogens is 1. The summed E-state index contributed by atoms with van der Waals surface area (Å²) in [5.41, 5.74) is 3.15. The lowest BCUT2D eigenvalue weighted by atomic mass is 10.1. The van der Waals surface area contributed by atoms with Crippen LogP contribution in [0.4, 0.5) is 0 Å². The SMILES string of the molecule is CN=C(NCCc1coc(-c2ccc(C)cc2)n1)NCCN(C)CCCOC. The molecule has 0 aliphatic rings. The molecule has 0 atom stereocenters. The lowest BCUT2D eigenvalue weighted by Gasteiger charge is -2.18. The molecule has 0 amide bonds. The monoisotopic (exact) mass is 387 g/mol. The average molecular weight is 388 g/mol. The fourth-order valence-corrected chi connectivity index (χ4v) is 2.74. The number of benzene rings is 1. The van der Waals surface area contributed by atoms with Gasteiger partial charge in [0.2, 0.25) is 5.89 Å². The van der Waals surface area contributed by atoms with E-state index < -0.39 is 0 Å². The van der Waals surface area contributed by atoms with Gasteiger partial charge in [-0.3, -0.25) is 4.99 Å². The van der Waals surface area contributed by atoms with Crippen LogP contribution in [-0.4, -0.2) is 69.8 Å². The van der Waals surface area contributed by atoms with E-state index in [1.165, 1.54) is 5.56 Å². The number of aryl methyl sites for hydroxylation is 1. The van der Waals surface area contributed by atoms with Gasteiger partial charge in [0, 0.05) is 58.9 Å². The van der Waals surface area contributed by atoms with Crippen LogP contribution in [0.3, 0.4) is 0 Å². The maximum absolute atomic E-state index is 5.61. The Bertz CT molecular complexity index is 712. The maximum atomic E-state index is 5.61. The van der Waals surface area contributed by atoms with Crippen LogP contribution < -0.4 is 10.6 Å². The van der Waals surface area contributed by atoms with Crippen LogP contribution in [-0.2, 0) is 11.2 Å². The van der Waals surface area contributed by atoms with Crippen LogP contribution in [0.5, 0.6) is 0 Å². The topological polar surface area (TPSA) is 74.9 Å². The molecule has 0 unspecified atom stereocenters. The molecule has 1 aromatic heterocycles. The van der Waals surface area contributed by atoms with Gasteiger partial charge in [0.05, 0.1) is 5.69 Å². The standard InChI is InChI=1S/C21H33N5O2/c1-17-6-8-18(9-7-17)20-25-19(16-28-20)10-11-23-21(22-2)24-12-14-26(3)13-5-15-27-4/h6-9,16H,5,10-15H2,1-4H3,(H2,22,23,24). The molecule has 2 rings (SSSR count). The van der Waals surface area contributed by atoms with E-state index in [-0.39, 0.29) is 0 Å². The van der Waals surface area contributed by atoms with Gasteiger partial charge in [0.15, 0.2) is 5.96 Å². The highest BCUT2D eigenvalue weighted by Gasteiger charge is 2.07. The fraction of sp³-hybridized carbons (Fsp3) is 0.524. The van der Waals surface area contributed by atoms with Crippen LogP contribution in [0.25, 0.3) is 11.5 Å². The van der Waals surface area contributed by atoms with Crippen molar-refractivity contribution in [2.24, 2.45) is 4.99 Å². The summed E-state index contributed by atoms with van der Waals surface area (Å²) in [4.78, 5) is 11.1. The molecule has 0 saturated carbocycles. The summed E-state index contributed by atoms with van der Waals surface area (Å²) in [6.45, 7) is 6.42. The zero-order chi connectivity index (χ0) is 20.2. The number of aliphatic imine (C=N–C) groups is 1. The second kappa shape index (κ2) is 12.2. The van der Waals surface area contributed by atoms with Crippen LogP contribution in [0, 0.1) is 6.92 Å². The highest BCUT2D eigenvalue weighted by molar-refractivity contribution is 5.79. The van der Waals surface area contributed by atoms with Crippen LogP contribution in [0.1, 0.15) is 17.7 Å². The number of oxazole rings is 1. The van der Waals surface area contributed by atoms with Crippen LogP contribution >= 0.6 is 0 Å². The number of likely N-dealkylation sites (N-methyl/N-ethyl adjacent to an activating group) is 1. The molecule has 7 nitrogen and oxygen atoms in total. The van der Waals surface area contributed by atoms with Crippen molar-refractivity contribution in [2.45, 2.75) is 19.8 Å². The minimum absolute atomic E-state index is 0.661. The number of guanidine groups is 1. The van der Waals surface area contributed by atoms with E-state index in [0.29, 0.717) is 5.89 Å². The molecule has 0 spiro atoms. The summed E-state index contributed by atoms with van der Waals surface area (Å²) < 4.78 is 10.7. The third-order valence-electron chi connectivity index (χ3n) is 4.42. The number of hydrogen-bond donors (Lipinski definition) is 2. The Hall–Kier alpha value is -2.38. The highest BCUT2D eigenvalue weighted by Crippen LogP contribution is 2.19. The molecule has 7 heteroatoms. The first-order valence-electron chi connectivity index (χ1n) is 9.76. The molecule has 1 aromatic carbocycles. The van der Waals surface area contributed by atoms with Gasteiger partial charge in [-0.15, -0.1) is 0 Å². The van der Waals surface area contributed by atoms with E-state index in [2.05, 4.69) is 51.6 Å². The molecule has 154 valence electrons. The Morgan fingerprint density at radius 2 is 1.93 bits per heavy atom. The third-order valence-corrected chi connectivity index (χ3v) is 4.42. The molecule has 0 saturated heterocycles. The second-order valence-electron chi connectivity index (χ2n) is 6.84. The average Bonchev–Trinajstić information content (AvgIpc) is 3.16. The minimum atomic E-state index is 0.661. The maximum Gasteiger partial charge on any atom is 0.226 e. The number of ether oxygens (including phenoxy) is 1. The fourth-order valence-electron chi connectivity index (χ4n) is 2.74. The predicted molar refractivity (Wildman–Crippen MR) is 114 cm³/mol. The third kappa shape index (κ3) is 7.70. The Morgan fingerprint density at radius 1 is 1.18 bits per heavy atom. The van der Waals surface area contributed by atoms with Crippen LogP contribution in [0.2, 0.25) is 0 Å². The van der Waals surface area contributed by atoms with E-state index in [1.54, 1.807) is 20.4 Å². The zero-order valence-corrected chi connectivity index (χ0v) is 17.5. The van der Waals surface area contributed by atoms with Crippen molar-refractivity contribution >= 4 is 5.96 Å². The van der Waals surface area contributed by atoms with Crippen molar-refractivity contribution < 1.29 is 9.15 Å². The Morgan fingerprint density at radius 3 is 2.64 bits per heavy atom. The lowest BCUT2D eigenvalue weighted by molar-refractivity contribution is 0.180. The largest absolute Gasteiger partial charge is 0.444 e. The van der Waals surface area contributed by atoms with E-state index >= 15 is 0 Å². The number of hydrogen-bond acceptors (Lipinski definition) is 5. The number of nitrogens with one attached hydrogen (secondary N) is 2. The van der Waals surface area contributed by atoms with Crippen molar-refractivity contribution in [3.63, 3.8) is 0 Å². The first-order valence-corrected chi connectivity index (χ1v) is 9.76. The molecule has 28 heavy (non-hydrogen) atoms. The molecule has 0 fully saturated rings. The zero-order valence-electron chi connectivity index (χ0n) is 17.5. The molecule has 0 bridgehead atoms. The summed E-state index contributed by atoms with van der Waals surface area (Å²) in [5.74, 6) is 1.46. The van der Waals surface area contributed by atoms with E-state index in [0.717, 1.165) is 62.8 Å². The predicted octanol–water partition coefficient (Wildman–Crippen LogP) is 2.33.